The van der Waals surface area contributed by atoms with Gasteiger partial charge in [0.1, 0.15) is 11.6 Å². The van der Waals surface area contributed by atoms with Crippen LogP contribution >= 0.6 is 0 Å². The van der Waals surface area contributed by atoms with Gasteiger partial charge >= 0.3 is 0 Å². The third-order valence-corrected chi connectivity index (χ3v) is 5.55. The number of rotatable bonds is 4. The van der Waals surface area contributed by atoms with Crippen LogP contribution in [0.5, 0.6) is 0 Å². The van der Waals surface area contributed by atoms with Crippen LogP contribution in [0, 0.1) is 17.1 Å². The van der Waals surface area contributed by atoms with Gasteiger partial charge in [0.05, 0.1) is 23.2 Å². The molecule has 0 bridgehead atoms. The zero-order valence-corrected chi connectivity index (χ0v) is 17.2. The van der Waals surface area contributed by atoms with Gasteiger partial charge in [-0.3, -0.25) is 14.5 Å². The van der Waals surface area contributed by atoms with Crippen LogP contribution in [0.15, 0.2) is 78.4 Å². The highest BCUT2D eigenvalue weighted by atomic mass is 19.1. The summed E-state index contributed by atoms with van der Waals surface area (Å²) >= 11 is 0. The summed E-state index contributed by atoms with van der Waals surface area (Å²) in [6.07, 6.45) is 0.805. The van der Waals surface area contributed by atoms with Crippen molar-refractivity contribution >= 4 is 23.1 Å². The molecule has 3 aromatic rings. The highest BCUT2D eigenvalue weighted by Crippen LogP contribution is 2.42. The lowest BCUT2D eigenvalue weighted by Crippen LogP contribution is -2.29. The second-order valence-electron chi connectivity index (χ2n) is 7.40. The lowest BCUT2D eigenvalue weighted by molar-refractivity contribution is -0.132. The molecule has 1 N–H and O–H groups in total. The van der Waals surface area contributed by atoms with Gasteiger partial charge < -0.3 is 5.11 Å². The van der Waals surface area contributed by atoms with Crippen molar-refractivity contribution in [2.45, 2.75) is 19.4 Å². The second-order valence-corrected chi connectivity index (χ2v) is 7.40. The number of halogens is 1. The van der Waals surface area contributed by atoms with E-state index in [0.717, 1.165) is 16.9 Å². The van der Waals surface area contributed by atoms with Crippen LogP contribution in [0.1, 0.15) is 35.2 Å². The molecule has 0 radical (unpaired) electrons. The number of benzene rings is 3. The molecule has 1 unspecified atom stereocenters. The molecular formula is C26H19FN2O3. The van der Waals surface area contributed by atoms with E-state index in [4.69, 9.17) is 5.26 Å². The standard InChI is InChI=1S/C26H19FN2O3/c1-2-16-7-11-18(12-8-16)24(30)22-23(20-5-3-4-6-21(20)27)29(26(32)25(22)31)19-13-9-17(15-28)10-14-19/h3-14,23,30H,2H2,1H3/b24-22-. The van der Waals surface area contributed by atoms with E-state index in [1.165, 1.54) is 42.5 Å². The Morgan fingerprint density at radius 2 is 1.69 bits per heavy atom. The Labute approximate surface area is 184 Å². The number of amides is 1. The van der Waals surface area contributed by atoms with Crippen molar-refractivity contribution in [3.8, 4) is 6.07 Å². The number of aliphatic hydroxyl groups is 1. The highest BCUT2D eigenvalue weighted by Gasteiger charge is 2.47. The minimum absolute atomic E-state index is 0.0859. The predicted octanol–water partition coefficient (Wildman–Crippen LogP) is 4.89. The van der Waals surface area contributed by atoms with Crippen LogP contribution in [0.2, 0.25) is 0 Å². The summed E-state index contributed by atoms with van der Waals surface area (Å²) in [5.74, 6) is -2.75. The van der Waals surface area contributed by atoms with E-state index in [2.05, 4.69) is 0 Å². The van der Waals surface area contributed by atoms with E-state index in [1.54, 1.807) is 18.2 Å². The van der Waals surface area contributed by atoms with Gasteiger partial charge in [0.2, 0.25) is 0 Å². The number of ketones is 1. The second kappa shape index (κ2) is 8.48. The van der Waals surface area contributed by atoms with Gasteiger partial charge in [-0.05, 0) is 42.3 Å². The molecule has 0 spiro atoms. The highest BCUT2D eigenvalue weighted by molar-refractivity contribution is 6.51. The molecule has 4 rings (SSSR count). The summed E-state index contributed by atoms with van der Waals surface area (Å²) in [5.41, 5.74) is 2.01. The molecule has 1 aliphatic heterocycles. The van der Waals surface area contributed by atoms with E-state index in [-0.39, 0.29) is 16.9 Å². The summed E-state index contributed by atoms with van der Waals surface area (Å²) in [6.45, 7) is 2.00. The fourth-order valence-corrected chi connectivity index (χ4v) is 3.84. The normalized spacial score (nSPS) is 17.4. The largest absolute Gasteiger partial charge is 0.507 e. The van der Waals surface area contributed by atoms with E-state index >= 15 is 0 Å². The van der Waals surface area contributed by atoms with Gasteiger partial charge in [0.15, 0.2) is 0 Å². The molecule has 5 nitrogen and oxygen atoms in total. The van der Waals surface area contributed by atoms with Gasteiger partial charge in [0, 0.05) is 16.8 Å². The Bertz CT molecular complexity index is 1270. The first-order valence-corrected chi connectivity index (χ1v) is 10.1. The molecule has 1 aliphatic rings. The molecule has 1 amide bonds. The number of anilines is 1. The van der Waals surface area contributed by atoms with Crippen molar-refractivity contribution in [2.24, 2.45) is 0 Å². The molecule has 1 saturated heterocycles. The van der Waals surface area contributed by atoms with Gasteiger partial charge in [-0.25, -0.2) is 4.39 Å². The summed E-state index contributed by atoms with van der Waals surface area (Å²) in [7, 11) is 0. The van der Waals surface area contributed by atoms with Crippen LogP contribution in [-0.4, -0.2) is 16.8 Å². The maximum absolute atomic E-state index is 14.8. The number of carbonyl (C=O) groups is 2. The van der Waals surface area contributed by atoms with E-state index in [0.29, 0.717) is 16.8 Å². The van der Waals surface area contributed by atoms with Crippen molar-refractivity contribution in [3.63, 3.8) is 0 Å². The first-order valence-electron chi connectivity index (χ1n) is 10.1. The van der Waals surface area contributed by atoms with E-state index < -0.39 is 23.5 Å². The number of hydrogen-bond acceptors (Lipinski definition) is 4. The molecule has 1 fully saturated rings. The Morgan fingerprint density at radius 1 is 1.03 bits per heavy atom. The first kappa shape index (κ1) is 21.0. The number of hydrogen-bond donors (Lipinski definition) is 1. The Morgan fingerprint density at radius 3 is 2.28 bits per heavy atom. The Balaban J connectivity index is 1.93. The summed E-state index contributed by atoms with van der Waals surface area (Å²) in [5, 5.41) is 20.1. The van der Waals surface area contributed by atoms with Gasteiger partial charge in [-0.2, -0.15) is 5.26 Å². The van der Waals surface area contributed by atoms with Crippen LogP contribution in [0.4, 0.5) is 10.1 Å². The van der Waals surface area contributed by atoms with Crippen molar-refractivity contribution in [1.82, 2.24) is 0 Å². The predicted molar refractivity (Wildman–Crippen MR) is 118 cm³/mol. The molecule has 1 atom stereocenters. The Hall–Kier alpha value is -4.24. The third kappa shape index (κ3) is 3.54. The number of carbonyl (C=O) groups excluding carboxylic acids is 2. The van der Waals surface area contributed by atoms with Crippen LogP contribution in [-0.2, 0) is 16.0 Å². The number of Topliss-reactive ketones (excluding diaryl/α,β-unsaturated/α-hetero) is 1. The topological polar surface area (TPSA) is 81.4 Å². The molecule has 32 heavy (non-hydrogen) atoms. The van der Waals surface area contributed by atoms with Gasteiger partial charge in [-0.1, -0.05) is 49.4 Å². The SMILES string of the molecule is CCc1ccc(/C(O)=C2/C(=O)C(=O)N(c3ccc(C#N)cc3)C2c2ccccc2F)cc1. The molecule has 158 valence electrons. The van der Waals surface area contributed by atoms with Crippen LogP contribution in [0.3, 0.4) is 0 Å². The monoisotopic (exact) mass is 426 g/mol. The minimum atomic E-state index is -1.16. The van der Waals surface area contributed by atoms with Crippen LogP contribution < -0.4 is 4.90 Å². The zero-order valence-electron chi connectivity index (χ0n) is 17.2. The molecule has 0 aromatic heterocycles. The first-order chi connectivity index (χ1) is 15.5. The average Bonchev–Trinajstić information content (AvgIpc) is 3.09. The summed E-state index contributed by atoms with van der Waals surface area (Å²) in [6, 6.07) is 19.7. The third-order valence-electron chi connectivity index (χ3n) is 5.55. The Kier molecular flexibility index (Phi) is 5.57. The fourth-order valence-electron chi connectivity index (χ4n) is 3.84. The van der Waals surface area contributed by atoms with Crippen molar-refractivity contribution in [1.29, 1.82) is 5.26 Å². The van der Waals surface area contributed by atoms with Gasteiger partial charge in [-0.15, -0.1) is 0 Å². The number of aliphatic hydroxyl groups excluding tert-OH is 1. The van der Waals surface area contributed by atoms with Gasteiger partial charge in [0.25, 0.3) is 11.7 Å². The number of nitriles is 1. The quantitative estimate of drug-likeness (QED) is 0.366. The maximum atomic E-state index is 14.8. The molecule has 0 saturated carbocycles. The maximum Gasteiger partial charge on any atom is 0.300 e. The summed E-state index contributed by atoms with van der Waals surface area (Å²) < 4.78 is 14.8. The van der Waals surface area contributed by atoms with E-state index in [1.807, 2.05) is 25.1 Å². The van der Waals surface area contributed by atoms with E-state index in [9.17, 15) is 19.1 Å². The number of aryl methyl sites for hydroxylation is 1. The molecular weight excluding hydrogens is 407 g/mol. The minimum Gasteiger partial charge on any atom is -0.507 e. The van der Waals surface area contributed by atoms with Crippen molar-refractivity contribution in [3.05, 3.63) is 106 Å². The zero-order chi connectivity index (χ0) is 22.8. The van der Waals surface area contributed by atoms with Crippen molar-refractivity contribution in [2.75, 3.05) is 4.90 Å². The number of nitrogens with zero attached hydrogens (tertiary/aromatic N) is 2. The average molecular weight is 426 g/mol. The lowest BCUT2D eigenvalue weighted by atomic mass is 9.94. The molecule has 3 aromatic carbocycles. The summed E-state index contributed by atoms with van der Waals surface area (Å²) in [4.78, 5) is 27.3. The lowest BCUT2D eigenvalue weighted by Gasteiger charge is -2.25. The fraction of sp³-hybridized carbons (Fsp3) is 0.115. The van der Waals surface area contributed by atoms with Crippen molar-refractivity contribution < 1.29 is 19.1 Å². The van der Waals surface area contributed by atoms with Crippen LogP contribution in [0.25, 0.3) is 5.76 Å². The molecule has 6 heteroatoms. The molecule has 1 heterocycles. The smallest absolute Gasteiger partial charge is 0.300 e. The molecule has 0 aliphatic carbocycles.